The largest absolute Gasteiger partial charge is 0.392 e. The van der Waals surface area contributed by atoms with Gasteiger partial charge in [-0.15, -0.1) is 0 Å². The van der Waals surface area contributed by atoms with Crippen LogP contribution in [0.3, 0.4) is 0 Å². The van der Waals surface area contributed by atoms with Crippen molar-refractivity contribution in [1.82, 2.24) is 20.0 Å². The van der Waals surface area contributed by atoms with Crippen molar-refractivity contribution in [2.45, 2.75) is 44.1 Å². The Kier molecular flexibility index (Phi) is 6.07. The van der Waals surface area contributed by atoms with Crippen LogP contribution in [0, 0.1) is 0 Å². The SMILES string of the molecule is O=C(CN1CCC[C@H](O)C1)N1CCC(c2[nH]ncc2Cc2ccccc2)CC1. The maximum atomic E-state index is 12.7. The van der Waals surface area contributed by atoms with Gasteiger partial charge in [-0.3, -0.25) is 14.8 Å². The molecule has 150 valence electrons. The molecule has 2 fully saturated rings. The van der Waals surface area contributed by atoms with Crippen LogP contribution in [-0.4, -0.2) is 69.8 Å². The molecule has 2 saturated heterocycles. The predicted molar refractivity (Wildman–Crippen MR) is 108 cm³/mol. The zero-order valence-corrected chi connectivity index (χ0v) is 16.4. The summed E-state index contributed by atoms with van der Waals surface area (Å²) in [6.45, 7) is 3.56. The fraction of sp³-hybridized carbons (Fsp3) is 0.545. The lowest BCUT2D eigenvalue weighted by Crippen LogP contribution is -2.47. The number of H-pyrrole nitrogens is 1. The Morgan fingerprint density at radius 2 is 1.93 bits per heavy atom. The number of nitrogens with one attached hydrogen (secondary N) is 1. The molecule has 0 unspecified atom stereocenters. The summed E-state index contributed by atoms with van der Waals surface area (Å²) < 4.78 is 0. The number of hydrogen-bond donors (Lipinski definition) is 2. The number of likely N-dealkylation sites (tertiary alicyclic amines) is 2. The average molecular weight is 383 g/mol. The van der Waals surface area contributed by atoms with Crippen molar-refractivity contribution in [3.63, 3.8) is 0 Å². The van der Waals surface area contributed by atoms with E-state index in [1.807, 2.05) is 17.2 Å². The summed E-state index contributed by atoms with van der Waals surface area (Å²) in [7, 11) is 0. The number of aromatic amines is 1. The van der Waals surface area contributed by atoms with E-state index in [0.29, 0.717) is 19.0 Å². The number of carbonyl (C=O) groups excluding carboxylic acids is 1. The summed E-state index contributed by atoms with van der Waals surface area (Å²) in [4.78, 5) is 16.7. The third kappa shape index (κ3) is 4.62. The minimum absolute atomic E-state index is 0.196. The van der Waals surface area contributed by atoms with Gasteiger partial charge in [0.15, 0.2) is 0 Å². The summed E-state index contributed by atoms with van der Waals surface area (Å²) in [6.07, 6.45) is 6.32. The first kappa shape index (κ1) is 19.2. The van der Waals surface area contributed by atoms with E-state index in [1.54, 1.807) is 0 Å². The van der Waals surface area contributed by atoms with E-state index in [0.717, 1.165) is 51.7 Å². The highest BCUT2D eigenvalue weighted by Gasteiger charge is 2.28. The van der Waals surface area contributed by atoms with Gasteiger partial charge in [-0.2, -0.15) is 5.10 Å². The molecule has 2 aromatic rings. The molecule has 2 aliphatic heterocycles. The van der Waals surface area contributed by atoms with Gasteiger partial charge in [0, 0.05) is 37.7 Å². The summed E-state index contributed by atoms with van der Waals surface area (Å²) in [5.74, 6) is 0.628. The van der Waals surface area contributed by atoms with Crippen LogP contribution in [0.15, 0.2) is 36.5 Å². The smallest absolute Gasteiger partial charge is 0.236 e. The Hall–Kier alpha value is -2.18. The number of piperidine rings is 2. The standard InChI is InChI=1S/C22H30N4O2/c27-20-7-4-10-25(15-20)16-21(28)26-11-8-18(9-12-26)22-19(14-23-24-22)13-17-5-2-1-3-6-17/h1-3,5-6,14,18,20,27H,4,7-13,15-16H2,(H,23,24)/t20-/m0/s1. The van der Waals surface area contributed by atoms with E-state index in [-0.39, 0.29) is 12.0 Å². The van der Waals surface area contributed by atoms with Gasteiger partial charge in [0.25, 0.3) is 0 Å². The molecule has 1 aromatic heterocycles. The summed E-state index contributed by atoms with van der Waals surface area (Å²) in [5, 5.41) is 17.3. The molecule has 0 spiro atoms. The van der Waals surface area contributed by atoms with Gasteiger partial charge < -0.3 is 10.0 Å². The topological polar surface area (TPSA) is 72.5 Å². The Labute approximate surface area is 166 Å². The number of nitrogens with zero attached hydrogens (tertiary/aromatic N) is 3. The second-order valence-electron chi connectivity index (χ2n) is 8.16. The molecule has 6 heteroatoms. The molecule has 0 aliphatic carbocycles. The van der Waals surface area contributed by atoms with Crippen LogP contribution in [0.2, 0.25) is 0 Å². The number of carbonyl (C=O) groups is 1. The van der Waals surface area contributed by atoms with Crippen LogP contribution in [0.4, 0.5) is 0 Å². The molecular formula is C22H30N4O2. The minimum Gasteiger partial charge on any atom is -0.392 e. The lowest BCUT2D eigenvalue weighted by atomic mass is 9.89. The maximum Gasteiger partial charge on any atom is 0.236 e. The van der Waals surface area contributed by atoms with Crippen molar-refractivity contribution in [2.24, 2.45) is 0 Å². The number of hydrogen-bond acceptors (Lipinski definition) is 4. The average Bonchev–Trinajstić information content (AvgIpc) is 3.17. The quantitative estimate of drug-likeness (QED) is 0.831. The molecule has 1 atom stereocenters. The van der Waals surface area contributed by atoms with E-state index in [1.165, 1.54) is 16.8 Å². The molecule has 4 rings (SSSR count). The first-order chi connectivity index (χ1) is 13.7. The van der Waals surface area contributed by atoms with Crippen molar-refractivity contribution in [1.29, 1.82) is 0 Å². The van der Waals surface area contributed by atoms with E-state index in [4.69, 9.17) is 0 Å². The van der Waals surface area contributed by atoms with E-state index >= 15 is 0 Å². The van der Waals surface area contributed by atoms with E-state index < -0.39 is 0 Å². The molecule has 0 radical (unpaired) electrons. The first-order valence-electron chi connectivity index (χ1n) is 10.4. The maximum absolute atomic E-state index is 12.7. The highest BCUT2D eigenvalue weighted by Crippen LogP contribution is 2.30. The second-order valence-corrected chi connectivity index (χ2v) is 8.16. The summed E-state index contributed by atoms with van der Waals surface area (Å²) in [6, 6.07) is 10.5. The van der Waals surface area contributed by atoms with Crippen molar-refractivity contribution in [2.75, 3.05) is 32.7 Å². The molecule has 2 N–H and O–H groups in total. The molecule has 28 heavy (non-hydrogen) atoms. The number of aromatic nitrogens is 2. The summed E-state index contributed by atoms with van der Waals surface area (Å²) >= 11 is 0. The van der Waals surface area contributed by atoms with Crippen molar-refractivity contribution in [3.05, 3.63) is 53.3 Å². The fourth-order valence-electron chi connectivity index (χ4n) is 4.51. The van der Waals surface area contributed by atoms with Crippen LogP contribution >= 0.6 is 0 Å². The lowest BCUT2D eigenvalue weighted by molar-refractivity contribution is -0.134. The van der Waals surface area contributed by atoms with Crippen LogP contribution < -0.4 is 0 Å². The molecular weight excluding hydrogens is 352 g/mol. The van der Waals surface area contributed by atoms with Gasteiger partial charge >= 0.3 is 0 Å². The van der Waals surface area contributed by atoms with Gasteiger partial charge in [-0.1, -0.05) is 30.3 Å². The zero-order valence-electron chi connectivity index (χ0n) is 16.4. The minimum atomic E-state index is -0.282. The molecule has 1 amide bonds. The number of amides is 1. The number of β-amino-alcohol motifs (C(OH)–C–C–N with tert-alkyl or cyclic N) is 1. The van der Waals surface area contributed by atoms with E-state index in [2.05, 4.69) is 39.4 Å². The monoisotopic (exact) mass is 382 g/mol. The molecule has 6 nitrogen and oxygen atoms in total. The predicted octanol–water partition coefficient (Wildman–Crippen LogP) is 2.16. The third-order valence-corrected chi connectivity index (χ3v) is 6.08. The van der Waals surface area contributed by atoms with Gasteiger partial charge in [0.1, 0.15) is 0 Å². The molecule has 1 aromatic carbocycles. The van der Waals surface area contributed by atoms with Crippen LogP contribution in [-0.2, 0) is 11.2 Å². The summed E-state index contributed by atoms with van der Waals surface area (Å²) in [5.41, 5.74) is 3.79. The Balaban J connectivity index is 1.31. The Morgan fingerprint density at radius 1 is 1.14 bits per heavy atom. The molecule has 2 aliphatic rings. The van der Waals surface area contributed by atoms with Gasteiger partial charge in [-0.05, 0) is 43.4 Å². The number of aliphatic hydroxyl groups is 1. The molecule has 3 heterocycles. The number of rotatable bonds is 5. The fourth-order valence-corrected chi connectivity index (χ4v) is 4.51. The number of benzene rings is 1. The third-order valence-electron chi connectivity index (χ3n) is 6.08. The van der Waals surface area contributed by atoms with Crippen LogP contribution in [0.1, 0.15) is 48.4 Å². The molecule has 0 bridgehead atoms. The number of aliphatic hydroxyl groups excluding tert-OH is 1. The lowest BCUT2D eigenvalue weighted by Gasteiger charge is -2.35. The second kappa shape index (κ2) is 8.88. The highest BCUT2D eigenvalue weighted by atomic mass is 16.3. The van der Waals surface area contributed by atoms with Gasteiger partial charge in [0.05, 0.1) is 18.8 Å². The normalized spacial score (nSPS) is 21.8. The van der Waals surface area contributed by atoms with Crippen LogP contribution in [0.5, 0.6) is 0 Å². The van der Waals surface area contributed by atoms with E-state index in [9.17, 15) is 9.90 Å². The van der Waals surface area contributed by atoms with Crippen molar-refractivity contribution >= 4 is 5.91 Å². The van der Waals surface area contributed by atoms with Crippen LogP contribution in [0.25, 0.3) is 0 Å². The highest BCUT2D eigenvalue weighted by molar-refractivity contribution is 5.78. The van der Waals surface area contributed by atoms with Crippen molar-refractivity contribution in [3.8, 4) is 0 Å². The molecule has 0 saturated carbocycles. The Morgan fingerprint density at radius 3 is 2.68 bits per heavy atom. The zero-order chi connectivity index (χ0) is 19.3. The first-order valence-corrected chi connectivity index (χ1v) is 10.4. The van der Waals surface area contributed by atoms with Gasteiger partial charge in [0.2, 0.25) is 5.91 Å². The van der Waals surface area contributed by atoms with Gasteiger partial charge in [-0.25, -0.2) is 0 Å². The van der Waals surface area contributed by atoms with Crippen molar-refractivity contribution < 1.29 is 9.90 Å². The Bertz CT molecular complexity index is 768.